The van der Waals surface area contributed by atoms with E-state index in [0.29, 0.717) is 17.1 Å². The molecule has 0 saturated carbocycles. The number of fused-ring (bicyclic) bond motifs is 2. The van der Waals surface area contributed by atoms with Gasteiger partial charge in [0.25, 0.3) is 5.91 Å². The SMILES string of the molecule is CCC1CCCc2[nH]c(C=C3C(=O)Nc4cc(C(F)(F)F)ccc43)cc21. The summed E-state index contributed by atoms with van der Waals surface area (Å²) in [6, 6.07) is 5.44. The molecule has 2 N–H and O–H groups in total. The standard InChI is InChI=1S/C20H19F3N2O/c1-2-11-4-3-5-17-15(11)9-13(24-17)10-16-14-7-6-12(20(21,22)23)8-18(14)25-19(16)26/h6-11,24H,2-5H2,1H3,(H,25,26). The summed E-state index contributed by atoms with van der Waals surface area (Å²) in [5.74, 6) is 0.153. The first-order valence-electron chi connectivity index (χ1n) is 8.83. The fourth-order valence-electron chi connectivity index (χ4n) is 3.96. The Labute approximate surface area is 149 Å². The molecule has 0 fully saturated rings. The number of aromatic nitrogens is 1. The second-order valence-corrected chi connectivity index (χ2v) is 6.93. The van der Waals surface area contributed by atoms with E-state index in [4.69, 9.17) is 0 Å². The number of H-pyrrole nitrogens is 1. The first-order valence-corrected chi connectivity index (χ1v) is 8.83. The van der Waals surface area contributed by atoms with E-state index in [1.807, 2.05) is 0 Å². The Hall–Kier alpha value is -2.50. The third kappa shape index (κ3) is 2.83. The molecule has 1 unspecified atom stereocenters. The molecule has 0 radical (unpaired) electrons. The quantitative estimate of drug-likeness (QED) is 0.696. The normalized spacial score (nSPS) is 20.8. The molecule has 2 heterocycles. The molecule has 1 aliphatic carbocycles. The average Bonchev–Trinajstić information content (AvgIpc) is 3.14. The number of alkyl halides is 3. The van der Waals surface area contributed by atoms with E-state index < -0.39 is 11.7 Å². The van der Waals surface area contributed by atoms with Gasteiger partial charge in [-0.05, 0) is 61.4 Å². The summed E-state index contributed by atoms with van der Waals surface area (Å²) in [7, 11) is 0. The van der Waals surface area contributed by atoms with Crippen LogP contribution in [0.4, 0.5) is 18.9 Å². The van der Waals surface area contributed by atoms with Crippen LogP contribution in [-0.4, -0.2) is 10.9 Å². The summed E-state index contributed by atoms with van der Waals surface area (Å²) in [4.78, 5) is 15.7. The number of amides is 1. The van der Waals surface area contributed by atoms with E-state index in [1.54, 1.807) is 6.08 Å². The van der Waals surface area contributed by atoms with Gasteiger partial charge in [-0.3, -0.25) is 4.79 Å². The zero-order chi connectivity index (χ0) is 18.5. The third-order valence-corrected chi connectivity index (χ3v) is 5.30. The highest BCUT2D eigenvalue weighted by Gasteiger charge is 2.33. The zero-order valence-corrected chi connectivity index (χ0v) is 14.3. The van der Waals surface area contributed by atoms with Gasteiger partial charge in [-0.1, -0.05) is 13.0 Å². The first-order chi connectivity index (χ1) is 12.4. The van der Waals surface area contributed by atoms with Crippen LogP contribution in [0.15, 0.2) is 24.3 Å². The van der Waals surface area contributed by atoms with E-state index >= 15 is 0 Å². The van der Waals surface area contributed by atoms with Crippen molar-refractivity contribution in [3.63, 3.8) is 0 Å². The molecule has 1 aliphatic heterocycles. The fraction of sp³-hybridized carbons (Fsp3) is 0.350. The molecule has 1 aromatic heterocycles. The lowest BCUT2D eigenvalue weighted by atomic mass is 9.85. The Bertz CT molecular complexity index is 908. The van der Waals surface area contributed by atoms with Gasteiger partial charge in [0.15, 0.2) is 0 Å². The van der Waals surface area contributed by atoms with Crippen molar-refractivity contribution in [3.05, 3.63) is 52.3 Å². The Morgan fingerprint density at radius 2 is 2.08 bits per heavy atom. The van der Waals surface area contributed by atoms with Gasteiger partial charge in [0, 0.05) is 22.6 Å². The minimum atomic E-state index is -4.43. The Morgan fingerprint density at radius 1 is 1.27 bits per heavy atom. The molecule has 26 heavy (non-hydrogen) atoms. The highest BCUT2D eigenvalue weighted by atomic mass is 19.4. The van der Waals surface area contributed by atoms with Gasteiger partial charge in [-0.15, -0.1) is 0 Å². The molecule has 136 valence electrons. The van der Waals surface area contributed by atoms with Crippen molar-refractivity contribution < 1.29 is 18.0 Å². The van der Waals surface area contributed by atoms with Crippen molar-refractivity contribution in [2.75, 3.05) is 5.32 Å². The fourth-order valence-corrected chi connectivity index (χ4v) is 3.96. The summed E-state index contributed by atoms with van der Waals surface area (Å²) in [6.45, 7) is 2.17. The minimum absolute atomic E-state index is 0.207. The molecule has 4 rings (SSSR count). The lowest BCUT2D eigenvalue weighted by Gasteiger charge is -2.20. The number of hydrogen-bond donors (Lipinski definition) is 2. The van der Waals surface area contributed by atoms with Crippen LogP contribution >= 0.6 is 0 Å². The molecule has 1 amide bonds. The van der Waals surface area contributed by atoms with Gasteiger partial charge in [0.1, 0.15) is 0 Å². The van der Waals surface area contributed by atoms with Gasteiger partial charge >= 0.3 is 6.18 Å². The summed E-state index contributed by atoms with van der Waals surface area (Å²) >= 11 is 0. The Balaban J connectivity index is 1.72. The number of aryl methyl sites for hydroxylation is 1. The maximum Gasteiger partial charge on any atom is 0.416 e. The van der Waals surface area contributed by atoms with Crippen LogP contribution < -0.4 is 5.32 Å². The predicted octanol–water partition coefficient (Wildman–Crippen LogP) is 5.36. The number of rotatable bonds is 2. The average molecular weight is 360 g/mol. The number of halogens is 3. The summed E-state index contributed by atoms with van der Waals surface area (Å²) in [6.07, 6.45) is 1.68. The summed E-state index contributed by atoms with van der Waals surface area (Å²) < 4.78 is 38.6. The lowest BCUT2D eigenvalue weighted by molar-refractivity contribution is -0.137. The first kappa shape index (κ1) is 16.9. The van der Waals surface area contributed by atoms with Crippen LogP contribution in [-0.2, 0) is 17.4 Å². The van der Waals surface area contributed by atoms with Crippen molar-refractivity contribution in [2.45, 2.75) is 44.7 Å². The van der Waals surface area contributed by atoms with E-state index in [9.17, 15) is 18.0 Å². The lowest BCUT2D eigenvalue weighted by Crippen LogP contribution is -2.07. The molecule has 6 heteroatoms. The number of nitrogens with one attached hydrogen (secondary N) is 2. The summed E-state index contributed by atoms with van der Waals surface area (Å²) in [5.41, 5.74) is 3.67. The predicted molar refractivity (Wildman–Crippen MR) is 94.7 cm³/mol. The third-order valence-electron chi connectivity index (χ3n) is 5.30. The molecular weight excluding hydrogens is 341 g/mol. The Kier molecular flexibility index (Phi) is 3.93. The molecule has 0 saturated heterocycles. The second-order valence-electron chi connectivity index (χ2n) is 6.93. The van der Waals surface area contributed by atoms with Gasteiger partial charge in [0.05, 0.1) is 11.1 Å². The van der Waals surface area contributed by atoms with E-state index in [0.717, 1.165) is 37.1 Å². The van der Waals surface area contributed by atoms with Crippen molar-refractivity contribution in [1.82, 2.24) is 4.98 Å². The van der Waals surface area contributed by atoms with E-state index in [2.05, 4.69) is 23.3 Å². The van der Waals surface area contributed by atoms with Crippen LogP contribution in [0.5, 0.6) is 0 Å². The van der Waals surface area contributed by atoms with Crippen molar-refractivity contribution >= 4 is 23.2 Å². The molecule has 0 spiro atoms. The van der Waals surface area contributed by atoms with E-state index in [1.165, 1.54) is 23.7 Å². The maximum absolute atomic E-state index is 12.9. The molecule has 0 bridgehead atoms. The van der Waals surface area contributed by atoms with Crippen LogP contribution in [0.2, 0.25) is 0 Å². The van der Waals surface area contributed by atoms with Gasteiger partial charge < -0.3 is 10.3 Å². The van der Waals surface area contributed by atoms with Crippen LogP contribution in [0.25, 0.3) is 11.6 Å². The monoisotopic (exact) mass is 360 g/mol. The molecule has 2 aliphatic rings. The molecule has 1 atom stereocenters. The van der Waals surface area contributed by atoms with Gasteiger partial charge in [-0.25, -0.2) is 0 Å². The van der Waals surface area contributed by atoms with Crippen LogP contribution in [0.1, 0.15) is 60.2 Å². The van der Waals surface area contributed by atoms with Crippen LogP contribution in [0.3, 0.4) is 0 Å². The number of carbonyl (C=O) groups is 1. The smallest absolute Gasteiger partial charge is 0.359 e. The minimum Gasteiger partial charge on any atom is -0.359 e. The highest BCUT2D eigenvalue weighted by molar-refractivity contribution is 6.34. The number of benzene rings is 1. The molecule has 2 aromatic rings. The highest BCUT2D eigenvalue weighted by Crippen LogP contribution is 2.39. The molecule has 3 nitrogen and oxygen atoms in total. The van der Waals surface area contributed by atoms with Crippen LogP contribution in [0, 0.1) is 0 Å². The second kappa shape index (κ2) is 6.04. The van der Waals surface area contributed by atoms with Gasteiger partial charge in [-0.2, -0.15) is 13.2 Å². The zero-order valence-electron chi connectivity index (χ0n) is 14.3. The Morgan fingerprint density at radius 3 is 2.81 bits per heavy atom. The largest absolute Gasteiger partial charge is 0.416 e. The van der Waals surface area contributed by atoms with Gasteiger partial charge in [0.2, 0.25) is 0 Å². The van der Waals surface area contributed by atoms with E-state index in [-0.39, 0.29) is 11.6 Å². The number of carbonyl (C=O) groups excluding carboxylic acids is 1. The summed E-state index contributed by atoms with van der Waals surface area (Å²) in [5, 5.41) is 2.54. The topological polar surface area (TPSA) is 44.9 Å². The maximum atomic E-state index is 12.9. The molecular formula is C20H19F3N2O. The number of anilines is 1. The van der Waals surface area contributed by atoms with Crippen molar-refractivity contribution in [2.24, 2.45) is 0 Å². The van der Waals surface area contributed by atoms with Crippen molar-refractivity contribution in [1.29, 1.82) is 0 Å². The molecule has 1 aromatic carbocycles. The van der Waals surface area contributed by atoms with Crippen molar-refractivity contribution in [3.8, 4) is 0 Å². The number of hydrogen-bond acceptors (Lipinski definition) is 1. The number of aromatic amines is 1.